The molecule has 13 nitrogen and oxygen atoms in total. The Balaban J connectivity index is 0.967. The van der Waals surface area contributed by atoms with Gasteiger partial charge in [-0.1, -0.05) is 32.4 Å². The molecular weight excluding hydrogens is 664 g/mol. The summed E-state index contributed by atoms with van der Waals surface area (Å²) in [6.45, 7) is 8.55. The number of fused-ring (bicyclic) bond motifs is 7. The highest BCUT2D eigenvalue weighted by Crippen LogP contribution is 2.71. The van der Waals surface area contributed by atoms with Crippen LogP contribution in [-0.2, 0) is 28.4 Å². The average Bonchev–Trinajstić information content (AvgIpc) is 3.51. The van der Waals surface area contributed by atoms with Crippen molar-refractivity contribution in [3.05, 3.63) is 11.6 Å². The zero-order chi connectivity index (χ0) is 36.2. The number of hydrogen-bond donors (Lipinski definition) is 7. The number of hydrogen-bond acceptors (Lipinski definition) is 13. The minimum atomic E-state index is -1.62. The smallest absolute Gasteiger partial charge is 0.187 e. The van der Waals surface area contributed by atoms with E-state index in [0.29, 0.717) is 49.5 Å². The highest BCUT2D eigenvalue weighted by molar-refractivity contribution is 5.28. The molecule has 0 bridgehead atoms. The van der Waals surface area contributed by atoms with E-state index in [4.69, 9.17) is 28.4 Å². The van der Waals surface area contributed by atoms with E-state index in [9.17, 15) is 35.7 Å². The second kappa shape index (κ2) is 13.2. The lowest BCUT2D eigenvalue weighted by Crippen LogP contribution is -2.64. The Kier molecular flexibility index (Phi) is 9.60. The van der Waals surface area contributed by atoms with Crippen LogP contribution in [0.5, 0.6) is 0 Å². The first-order valence-electron chi connectivity index (χ1n) is 19.5. The van der Waals surface area contributed by atoms with Gasteiger partial charge in [-0.2, -0.15) is 0 Å². The molecule has 0 radical (unpaired) electrons. The van der Waals surface area contributed by atoms with Gasteiger partial charge in [-0.15, -0.1) is 0 Å². The first-order chi connectivity index (χ1) is 24.1. The van der Waals surface area contributed by atoms with Gasteiger partial charge in [0.1, 0.15) is 48.3 Å². The third-order valence-corrected chi connectivity index (χ3v) is 15.2. The van der Waals surface area contributed by atoms with Gasteiger partial charge in [0.2, 0.25) is 0 Å². The maximum atomic E-state index is 12.4. The molecule has 4 heterocycles. The second-order valence-electron chi connectivity index (χ2n) is 18.0. The number of allylic oxidation sites excluding steroid dienone is 1. The fraction of sp³-hybridized carbons (Fsp3) is 0.947. The molecule has 20 atom stereocenters. The van der Waals surface area contributed by atoms with Gasteiger partial charge in [0.15, 0.2) is 18.4 Å². The van der Waals surface area contributed by atoms with Crippen LogP contribution in [0.4, 0.5) is 0 Å². The Morgan fingerprint density at radius 2 is 1.63 bits per heavy atom. The van der Waals surface area contributed by atoms with Crippen molar-refractivity contribution in [2.75, 3.05) is 13.2 Å². The molecule has 290 valence electrons. The highest BCUT2D eigenvalue weighted by Gasteiger charge is 2.73. The normalized spacial score (nSPS) is 58.4. The predicted octanol–water partition coefficient (Wildman–Crippen LogP) is 1.26. The Morgan fingerprint density at radius 3 is 2.35 bits per heavy atom. The Labute approximate surface area is 300 Å². The first-order valence-corrected chi connectivity index (χ1v) is 19.5. The Bertz CT molecular complexity index is 1320. The van der Waals surface area contributed by atoms with E-state index in [1.54, 1.807) is 0 Å². The van der Waals surface area contributed by atoms with Crippen LogP contribution in [0.2, 0.25) is 0 Å². The van der Waals surface area contributed by atoms with Gasteiger partial charge in [0.05, 0.1) is 31.5 Å². The molecule has 4 aliphatic heterocycles. The van der Waals surface area contributed by atoms with E-state index < -0.39 is 79.4 Å². The summed E-state index contributed by atoms with van der Waals surface area (Å²) in [5.74, 6) is 1.12. The molecule has 51 heavy (non-hydrogen) atoms. The maximum Gasteiger partial charge on any atom is 0.187 e. The van der Waals surface area contributed by atoms with Gasteiger partial charge < -0.3 is 64.2 Å². The molecule has 1 spiro atoms. The molecule has 13 heteroatoms. The van der Waals surface area contributed by atoms with E-state index in [2.05, 4.69) is 26.8 Å². The largest absolute Gasteiger partial charge is 0.394 e. The van der Waals surface area contributed by atoms with Crippen LogP contribution in [0.3, 0.4) is 0 Å². The number of rotatable bonds is 5. The Morgan fingerprint density at radius 1 is 0.843 bits per heavy atom. The number of ether oxygens (including phenoxy) is 6. The summed E-state index contributed by atoms with van der Waals surface area (Å²) in [5.41, 5.74) is 0.178. The van der Waals surface area contributed by atoms with E-state index in [1.807, 2.05) is 0 Å². The number of aliphatic hydroxyl groups is 7. The van der Waals surface area contributed by atoms with Crippen LogP contribution >= 0.6 is 0 Å². The summed E-state index contributed by atoms with van der Waals surface area (Å²) in [6, 6.07) is 0. The number of aliphatic hydroxyl groups excluding tert-OH is 6. The van der Waals surface area contributed by atoms with Crippen LogP contribution in [0.15, 0.2) is 11.6 Å². The summed E-state index contributed by atoms with van der Waals surface area (Å²) in [7, 11) is 0. The van der Waals surface area contributed by atoms with Gasteiger partial charge in [-0.05, 0) is 87.4 Å². The van der Waals surface area contributed by atoms with Crippen LogP contribution in [0, 0.1) is 34.5 Å². The minimum absolute atomic E-state index is 0.0328. The van der Waals surface area contributed by atoms with E-state index >= 15 is 0 Å². The SMILES string of the molecule is C[C@@H]1CC[C@@]2(C[C@@]3(O)[C@H](C[C@H]4[C@@H]5CC=C6C[C@@H](O[C@@H]7O[C@H](CO)[C@@H](O)[C@H](O)[C@H]7O[C@@H]7O[C@@H](C)[C@H](O)[C@@H](O)[C@H]7O)CC[C@]6(C)[C@H]5CC[C@@]43C)O2)OC1. The van der Waals surface area contributed by atoms with Gasteiger partial charge in [-0.3, -0.25) is 0 Å². The monoisotopic (exact) mass is 724 g/mol. The average molecular weight is 725 g/mol. The molecule has 0 amide bonds. The molecule has 0 aromatic carbocycles. The van der Waals surface area contributed by atoms with Crippen LogP contribution in [0.25, 0.3) is 0 Å². The zero-order valence-electron chi connectivity index (χ0n) is 30.4. The van der Waals surface area contributed by atoms with Crippen LogP contribution < -0.4 is 0 Å². The van der Waals surface area contributed by atoms with Crippen molar-refractivity contribution in [2.24, 2.45) is 34.5 Å². The lowest BCUT2D eigenvalue weighted by molar-refractivity contribution is -0.369. The molecule has 3 saturated carbocycles. The summed E-state index contributed by atoms with van der Waals surface area (Å²) in [4.78, 5) is 0. The zero-order valence-corrected chi connectivity index (χ0v) is 30.4. The van der Waals surface area contributed by atoms with Crippen molar-refractivity contribution < 1.29 is 64.2 Å². The summed E-state index contributed by atoms with van der Waals surface area (Å²) >= 11 is 0. The highest BCUT2D eigenvalue weighted by atomic mass is 16.8. The molecule has 0 aromatic heterocycles. The van der Waals surface area contributed by atoms with Gasteiger partial charge >= 0.3 is 0 Å². The van der Waals surface area contributed by atoms with Crippen LogP contribution in [-0.4, -0.2) is 134 Å². The van der Waals surface area contributed by atoms with Gasteiger partial charge in [-0.25, -0.2) is 0 Å². The fourth-order valence-corrected chi connectivity index (χ4v) is 11.9. The van der Waals surface area contributed by atoms with Crippen molar-refractivity contribution in [3.8, 4) is 0 Å². The molecule has 8 aliphatic rings. The molecule has 4 saturated heterocycles. The standard InChI is InChI=1S/C38H60O13/c1-18-7-12-37(46-16-18)17-38(45)26(51-37)14-24-22-6-5-20-13-21(8-10-35(20,3)23(22)9-11-36(24,38)4)48-34-32(30(43)28(41)25(15-39)49-34)50-33-31(44)29(42)27(40)19(2)47-33/h5,18-19,21-34,39-45H,6-17H2,1-4H3/t18-,19+,21+,22-,23+,24+,25-,26+,27+,28-,29-,30+,31-,32-,33+,34-,35+,36+,37-,38-/m1/s1. The lowest BCUT2D eigenvalue weighted by Gasteiger charge is -2.59. The maximum absolute atomic E-state index is 12.4. The predicted molar refractivity (Wildman–Crippen MR) is 178 cm³/mol. The molecule has 4 aliphatic carbocycles. The molecule has 8 rings (SSSR count). The summed E-state index contributed by atoms with van der Waals surface area (Å²) in [6.07, 6.45) is -3.16. The molecule has 0 unspecified atom stereocenters. The van der Waals surface area contributed by atoms with Crippen molar-refractivity contribution in [2.45, 2.75) is 177 Å². The van der Waals surface area contributed by atoms with Crippen molar-refractivity contribution in [1.82, 2.24) is 0 Å². The molecule has 7 N–H and O–H groups in total. The lowest BCUT2D eigenvalue weighted by atomic mass is 9.46. The third-order valence-electron chi connectivity index (χ3n) is 15.2. The minimum Gasteiger partial charge on any atom is -0.394 e. The van der Waals surface area contributed by atoms with Crippen molar-refractivity contribution in [1.29, 1.82) is 0 Å². The van der Waals surface area contributed by atoms with E-state index in [-0.39, 0.29) is 23.0 Å². The molecular formula is C38H60O13. The third kappa shape index (κ3) is 5.74. The molecule has 7 fully saturated rings. The van der Waals surface area contributed by atoms with E-state index in [0.717, 1.165) is 44.9 Å². The summed E-state index contributed by atoms with van der Waals surface area (Å²) in [5, 5.41) is 75.2. The van der Waals surface area contributed by atoms with Crippen LogP contribution in [0.1, 0.15) is 91.9 Å². The van der Waals surface area contributed by atoms with E-state index in [1.165, 1.54) is 12.5 Å². The second-order valence-corrected chi connectivity index (χ2v) is 18.0. The quantitative estimate of drug-likeness (QED) is 0.201. The van der Waals surface area contributed by atoms with Crippen molar-refractivity contribution >= 4 is 0 Å². The Hall–Kier alpha value is -0.780. The van der Waals surface area contributed by atoms with Crippen molar-refractivity contribution in [3.63, 3.8) is 0 Å². The summed E-state index contributed by atoms with van der Waals surface area (Å²) < 4.78 is 37.1. The molecule has 0 aromatic rings. The first kappa shape index (κ1) is 37.2. The fourth-order valence-electron chi connectivity index (χ4n) is 11.9. The van der Waals surface area contributed by atoms with Gasteiger partial charge in [0, 0.05) is 18.3 Å². The topological polar surface area (TPSA) is 197 Å². The van der Waals surface area contributed by atoms with Gasteiger partial charge in [0.25, 0.3) is 0 Å².